The topological polar surface area (TPSA) is 89.6 Å². The number of nitrogens with one attached hydrogen (secondary N) is 1. The van der Waals surface area contributed by atoms with E-state index >= 15 is 0 Å². The molecule has 0 bridgehead atoms. The minimum Gasteiger partial charge on any atom is -0.496 e. The normalized spacial score (nSPS) is 19.7. The molecule has 2 aromatic heterocycles. The van der Waals surface area contributed by atoms with E-state index in [-0.39, 0.29) is 30.8 Å². The van der Waals surface area contributed by atoms with Crippen LogP contribution in [0.1, 0.15) is 51.1 Å². The fourth-order valence-corrected chi connectivity index (χ4v) is 8.35. The molecule has 230 valence electrons. The monoisotopic (exact) mass is 622 g/mol. The predicted molar refractivity (Wildman–Crippen MR) is 177 cm³/mol. The first-order chi connectivity index (χ1) is 21.8. The molecule has 2 atom stereocenters. The third-order valence-electron chi connectivity index (χ3n) is 9.58. The second kappa shape index (κ2) is 10.7. The number of methoxy groups -OCH3 is 1. The second-order valence-electron chi connectivity index (χ2n) is 12.8. The summed E-state index contributed by atoms with van der Waals surface area (Å²) in [5.74, 6) is 1.05. The molecule has 1 saturated carbocycles. The van der Waals surface area contributed by atoms with Crippen LogP contribution in [0.25, 0.3) is 42.7 Å². The Labute approximate surface area is 264 Å². The summed E-state index contributed by atoms with van der Waals surface area (Å²) in [6, 6.07) is 18.3. The number of likely N-dealkylation sites (tertiary alicyclic amines) is 1. The standard InChI is InChI=1S/C36H35FN4O3S/c1-19-33-31(44-2)12-25(36(43)40-17-26(37)14-27(38)18-40)13-32(33)45-34(19)30-11-23-7-5-22(10-29(23)41(30)16-20-3-4-20)21-6-8-24-15-39-35(42)28(24)9-21/h5-13,20,26-27H,3-4,14-18,38H2,1-2H3,(H,39,42)/t26-,27?/m1/s1. The van der Waals surface area contributed by atoms with E-state index in [0.29, 0.717) is 30.3 Å². The summed E-state index contributed by atoms with van der Waals surface area (Å²) in [6.45, 7) is 4.04. The lowest BCUT2D eigenvalue weighted by Gasteiger charge is -2.33. The molecule has 2 amide bonds. The van der Waals surface area contributed by atoms with E-state index in [9.17, 15) is 14.0 Å². The molecule has 2 fully saturated rings. The molecule has 0 spiro atoms. The third-order valence-corrected chi connectivity index (χ3v) is 10.8. The van der Waals surface area contributed by atoms with Crippen LogP contribution in [0.15, 0.2) is 54.6 Å². The number of amides is 2. The molecule has 1 aliphatic carbocycles. The molecular weight excluding hydrogens is 587 g/mol. The number of thiophene rings is 1. The molecule has 1 unspecified atom stereocenters. The summed E-state index contributed by atoms with van der Waals surface area (Å²) < 4.78 is 23.6. The first-order valence-corrected chi connectivity index (χ1v) is 16.4. The Bertz CT molecular complexity index is 2020. The maximum Gasteiger partial charge on any atom is 0.254 e. The van der Waals surface area contributed by atoms with Gasteiger partial charge in [0.25, 0.3) is 11.8 Å². The highest BCUT2D eigenvalue weighted by Crippen LogP contribution is 2.46. The number of hydrogen-bond donors (Lipinski definition) is 2. The summed E-state index contributed by atoms with van der Waals surface area (Å²) in [4.78, 5) is 28.5. The lowest BCUT2D eigenvalue weighted by molar-refractivity contribution is 0.0606. The zero-order chi connectivity index (χ0) is 31.0. The minimum absolute atomic E-state index is 0.0149. The van der Waals surface area contributed by atoms with Gasteiger partial charge in [0.1, 0.15) is 11.9 Å². The Hall–Kier alpha value is -4.21. The molecule has 7 nitrogen and oxygen atoms in total. The van der Waals surface area contributed by atoms with Crippen LogP contribution < -0.4 is 15.8 Å². The fourth-order valence-electron chi connectivity index (χ4n) is 7.06. The van der Waals surface area contributed by atoms with Crippen molar-refractivity contribution in [1.29, 1.82) is 0 Å². The summed E-state index contributed by atoms with van der Waals surface area (Å²) in [7, 11) is 1.63. The van der Waals surface area contributed by atoms with Crippen LogP contribution in [0, 0.1) is 12.8 Å². The Kier molecular flexibility index (Phi) is 6.73. The lowest BCUT2D eigenvalue weighted by Crippen LogP contribution is -2.50. The van der Waals surface area contributed by atoms with Crippen molar-refractivity contribution in [3.8, 4) is 27.4 Å². The Morgan fingerprint density at radius 3 is 2.67 bits per heavy atom. The van der Waals surface area contributed by atoms with Gasteiger partial charge in [0, 0.05) is 57.8 Å². The molecule has 9 heteroatoms. The zero-order valence-corrected chi connectivity index (χ0v) is 26.2. The van der Waals surface area contributed by atoms with E-state index in [1.54, 1.807) is 24.5 Å². The van der Waals surface area contributed by atoms with Crippen LogP contribution in [0.3, 0.4) is 0 Å². The van der Waals surface area contributed by atoms with Gasteiger partial charge in [-0.25, -0.2) is 4.39 Å². The van der Waals surface area contributed by atoms with Crippen molar-refractivity contribution in [2.45, 2.75) is 51.5 Å². The minimum atomic E-state index is -1.12. The maximum absolute atomic E-state index is 14.3. The smallest absolute Gasteiger partial charge is 0.254 e. The van der Waals surface area contributed by atoms with Crippen molar-refractivity contribution in [2.75, 3.05) is 20.2 Å². The van der Waals surface area contributed by atoms with Crippen molar-refractivity contribution in [2.24, 2.45) is 11.7 Å². The number of piperidine rings is 1. The van der Waals surface area contributed by atoms with Gasteiger partial charge in [0.2, 0.25) is 0 Å². The number of alkyl halides is 1. The van der Waals surface area contributed by atoms with E-state index in [2.05, 4.69) is 47.1 Å². The molecule has 2 aliphatic heterocycles. The average molecular weight is 623 g/mol. The van der Waals surface area contributed by atoms with E-state index in [1.807, 2.05) is 18.2 Å². The molecule has 3 aromatic carbocycles. The number of carbonyl (C=O) groups is 2. The van der Waals surface area contributed by atoms with E-state index in [4.69, 9.17) is 10.5 Å². The van der Waals surface area contributed by atoms with Crippen LogP contribution in [0.2, 0.25) is 0 Å². The van der Waals surface area contributed by atoms with E-state index in [1.165, 1.54) is 23.3 Å². The first kappa shape index (κ1) is 28.3. The van der Waals surface area contributed by atoms with E-state index < -0.39 is 6.17 Å². The van der Waals surface area contributed by atoms with Gasteiger partial charge in [-0.1, -0.05) is 24.3 Å². The van der Waals surface area contributed by atoms with Crippen LogP contribution in [-0.2, 0) is 13.1 Å². The van der Waals surface area contributed by atoms with Crippen LogP contribution in [0.4, 0.5) is 4.39 Å². The maximum atomic E-state index is 14.3. The molecule has 4 heterocycles. The Morgan fingerprint density at radius 2 is 1.89 bits per heavy atom. The number of benzene rings is 3. The van der Waals surface area contributed by atoms with E-state index in [0.717, 1.165) is 60.4 Å². The molecule has 3 N–H and O–H groups in total. The summed E-state index contributed by atoms with van der Waals surface area (Å²) in [6.07, 6.45) is 1.61. The molecule has 3 aliphatic rings. The van der Waals surface area contributed by atoms with Crippen molar-refractivity contribution < 1.29 is 18.7 Å². The van der Waals surface area contributed by atoms with Gasteiger partial charge in [-0.15, -0.1) is 11.3 Å². The van der Waals surface area contributed by atoms with Gasteiger partial charge in [-0.2, -0.15) is 0 Å². The fraction of sp³-hybridized carbons (Fsp3) is 0.333. The number of nitrogens with zero attached hydrogens (tertiary/aromatic N) is 2. The van der Waals surface area contributed by atoms with Gasteiger partial charge in [-0.3, -0.25) is 9.59 Å². The Balaban J connectivity index is 1.23. The van der Waals surface area contributed by atoms with Crippen molar-refractivity contribution >= 4 is 44.1 Å². The first-order valence-electron chi connectivity index (χ1n) is 15.6. The predicted octanol–water partition coefficient (Wildman–Crippen LogP) is 6.67. The Morgan fingerprint density at radius 1 is 1.09 bits per heavy atom. The number of carbonyl (C=O) groups excluding carboxylic acids is 2. The molecule has 0 radical (unpaired) electrons. The quantitative estimate of drug-likeness (QED) is 0.221. The van der Waals surface area contributed by atoms with Gasteiger partial charge in [0.15, 0.2) is 0 Å². The lowest BCUT2D eigenvalue weighted by atomic mass is 9.99. The number of ether oxygens (including phenoxy) is 1. The number of aromatic nitrogens is 1. The van der Waals surface area contributed by atoms with Crippen LogP contribution in [-0.4, -0.2) is 53.7 Å². The highest BCUT2D eigenvalue weighted by Gasteiger charge is 2.30. The molecular formula is C36H35FN4O3S. The highest BCUT2D eigenvalue weighted by molar-refractivity contribution is 7.22. The number of rotatable bonds is 6. The molecule has 45 heavy (non-hydrogen) atoms. The van der Waals surface area contributed by atoms with Gasteiger partial charge < -0.3 is 25.3 Å². The van der Waals surface area contributed by atoms with Crippen molar-refractivity contribution in [3.05, 3.63) is 76.9 Å². The van der Waals surface area contributed by atoms with Crippen LogP contribution in [0.5, 0.6) is 5.75 Å². The number of fused-ring (bicyclic) bond motifs is 3. The summed E-state index contributed by atoms with van der Waals surface area (Å²) >= 11 is 1.66. The van der Waals surface area contributed by atoms with Crippen LogP contribution >= 0.6 is 11.3 Å². The highest BCUT2D eigenvalue weighted by atomic mass is 32.1. The summed E-state index contributed by atoms with van der Waals surface area (Å²) in [5, 5.41) is 5.07. The molecule has 5 aromatic rings. The third kappa shape index (κ3) is 4.89. The molecule has 8 rings (SSSR count). The second-order valence-corrected chi connectivity index (χ2v) is 13.9. The molecule has 1 saturated heterocycles. The number of nitrogens with two attached hydrogens (primary N) is 1. The SMILES string of the molecule is COc1cc(C(=O)N2CC(N)C[C@@H](F)C2)cc2sc(-c3cc4ccc(-c5ccc6c(c5)C(=O)NC6)cc4n3CC3CC3)c(C)c12. The number of hydrogen-bond acceptors (Lipinski definition) is 5. The van der Waals surface area contributed by atoms with Crippen molar-refractivity contribution in [3.63, 3.8) is 0 Å². The average Bonchev–Trinajstić information content (AvgIpc) is 3.56. The number of halogens is 1. The van der Waals surface area contributed by atoms with Gasteiger partial charge in [0.05, 0.1) is 24.2 Å². The van der Waals surface area contributed by atoms with Gasteiger partial charge in [-0.05, 0) is 84.7 Å². The zero-order valence-electron chi connectivity index (χ0n) is 25.4. The number of aryl methyl sites for hydroxylation is 1. The largest absolute Gasteiger partial charge is 0.496 e. The van der Waals surface area contributed by atoms with Crippen molar-refractivity contribution in [1.82, 2.24) is 14.8 Å². The summed E-state index contributed by atoms with van der Waals surface area (Å²) in [5.41, 5.74) is 13.9. The van der Waals surface area contributed by atoms with Gasteiger partial charge >= 0.3 is 0 Å².